The summed E-state index contributed by atoms with van der Waals surface area (Å²) >= 11 is 0. The fraction of sp³-hybridized carbons (Fsp3) is 0.0500. The first-order valence-corrected chi connectivity index (χ1v) is 8.69. The second-order valence-electron chi connectivity index (χ2n) is 6.39. The zero-order valence-corrected chi connectivity index (χ0v) is 15.1. The molecule has 9 heteroatoms. The monoisotopic (exact) mass is 387 g/mol. The summed E-state index contributed by atoms with van der Waals surface area (Å²) in [7, 11) is 1.76. The Kier molecular flexibility index (Phi) is 3.73. The first-order chi connectivity index (χ1) is 14.1. The predicted octanol–water partition coefficient (Wildman–Crippen LogP) is 2.98. The van der Waals surface area contributed by atoms with Crippen molar-refractivity contribution < 1.29 is 13.6 Å². The lowest BCUT2D eigenvalue weighted by molar-refractivity contribution is 0.102. The highest BCUT2D eigenvalue weighted by Gasteiger charge is 2.18. The Hall–Kier alpha value is -4.27. The lowest BCUT2D eigenvalue weighted by Gasteiger charge is -2.05. The van der Waals surface area contributed by atoms with Gasteiger partial charge in [0.2, 0.25) is 0 Å². The lowest BCUT2D eigenvalue weighted by atomic mass is 10.0. The van der Waals surface area contributed by atoms with E-state index in [0.717, 1.165) is 10.8 Å². The van der Waals surface area contributed by atoms with Crippen LogP contribution in [-0.4, -0.2) is 25.9 Å². The molecule has 0 atom stereocenters. The summed E-state index contributed by atoms with van der Waals surface area (Å²) in [5, 5.41) is 16.7. The van der Waals surface area contributed by atoms with Crippen molar-refractivity contribution >= 4 is 33.7 Å². The average molecular weight is 387 g/mol. The molecule has 0 saturated heterocycles. The van der Waals surface area contributed by atoms with Crippen LogP contribution in [0.4, 0.5) is 6.01 Å². The number of anilines is 1. The fourth-order valence-corrected chi connectivity index (χ4v) is 3.10. The SMILES string of the molecule is Cn1ccc(-c2nnc(NC(=O)c3cc4c(ccc5ccccc54)oc3=O)o2)n1. The maximum atomic E-state index is 12.6. The zero-order valence-electron chi connectivity index (χ0n) is 15.1. The first-order valence-electron chi connectivity index (χ1n) is 8.69. The number of hydrogen-bond acceptors (Lipinski definition) is 7. The molecule has 3 heterocycles. The number of carbonyl (C=O) groups excluding carboxylic acids is 1. The molecule has 142 valence electrons. The highest BCUT2D eigenvalue weighted by molar-refractivity contribution is 6.10. The van der Waals surface area contributed by atoms with Gasteiger partial charge in [-0.3, -0.25) is 14.8 Å². The van der Waals surface area contributed by atoms with Gasteiger partial charge >= 0.3 is 11.6 Å². The van der Waals surface area contributed by atoms with Crippen LogP contribution in [0.15, 0.2) is 68.4 Å². The molecule has 1 N–H and O–H groups in total. The molecule has 2 aromatic carbocycles. The van der Waals surface area contributed by atoms with E-state index in [0.29, 0.717) is 16.7 Å². The number of carbonyl (C=O) groups is 1. The van der Waals surface area contributed by atoms with Gasteiger partial charge in [0, 0.05) is 18.6 Å². The smallest absolute Gasteiger partial charge is 0.349 e. The van der Waals surface area contributed by atoms with Crippen molar-refractivity contribution in [1.82, 2.24) is 20.0 Å². The Morgan fingerprint density at radius 2 is 1.90 bits per heavy atom. The Morgan fingerprint density at radius 1 is 1.03 bits per heavy atom. The Labute approximate surface area is 162 Å². The Morgan fingerprint density at radius 3 is 2.72 bits per heavy atom. The van der Waals surface area contributed by atoms with E-state index in [2.05, 4.69) is 20.6 Å². The van der Waals surface area contributed by atoms with Crippen LogP contribution >= 0.6 is 0 Å². The van der Waals surface area contributed by atoms with Crippen LogP contribution < -0.4 is 10.9 Å². The predicted molar refractivity (Wildman–Crippen MR) is 104 cm³/mol. The van der Waals surface area contributed by atoms with Crippen LogP contribution in [0, 0.1) is 0 Å². The minimum absolute atomic E-state index is 0.145. The van der Waals surface area contributed by atoms with Gasteiger partial charge in [0.1, 0.15) is 16.8 Å². The van der Waals surface area contributed by atoms with Gasteiger partial charge in [0.25, 0.3) is 11.8 Å². The number of nitrogens with zero attached hydrogens (tertiary/aromatic N) is 4. The molecule has 0 radical (unpaired) electrons. The molecule has 0 spiro atoms. The Bertz CT molecular complexity index is 1450. The van der Waals surface area contributed by atoms with E-state index in [-0.39, 0.29) is 17.5 Å². The van der Waals surface area contributed by atoms with E-state index >= 15 is 0 Å². The average Bonchev–Trinajstić information content (AvgIpc) is 3.36. The van der Waals surface area contributed by atoms with E-state index in [1.54, 1.807) is 30.1 Å². The summed E-state index contributed by atoms with van der Waals surface area (Å²) in [4.78, 5) is 25.0. The van der Waals surface area contributed by atoms with Gasteiger partial charge < -0.3 is 8.83 Å². The second kappa shape index (κ2) is 6.41. The summed E-state index contributed by atoms with van der Waals surface area (Å²) in [6.45, 7) is 0. The van der Waals surface area contributed by atoms with Gasteiger partial charge in [-0.05, 0) is 29.0 Å². The highest BCUT2D eigenvalue weighted by Crippen LogP contribution is 2.25. The normalized spacial score (nSPS) is 11.2. The molecule has 5 rings (SSSR count). The van der Waals surface area contributed by atoms with E-state index in [4.69, 9.17) is 8.83 Å². The summed E-state index contributed by atoms with van der Waals surface area (Å²) in [5.41, 5.74) is -0.0427. The molecule has 3 aromatic heterocycles. The third-order valence-electron chi connectivity index (χ3n) is 4.46. The minimum Gasteiger partial charge on any atom is -0.422 e. The third-order valence-corrected chi connectivity index (χ3v) is 4.46. The Balaban J connectivity index is 1.51. The van der Waals surface area contributed by atoms with Crippen molar-refractivity contribution in [2.24, 2.45) is 7.05 Å². The number of hydrogen-bond donors (Lipinski definition) is 1. The van der Waals surface area contributed by atoms with Crippen LogP contribution in [0.25, 0.3) is 33.3 Å². The molecule has 1 amide bonds. The topological polar surface area (TPSA) is 116 Å². The molecule has 5 aromatic rings. The van der Waals surface area contributed by atoms with Gasteiger partial charge in [0.15, 0.2) is 0 Å². The van der Waals surface area contributed by atoms with Crippen molar-refractivity contribution in [3.63, 3.8) is 0 Å². The largest absolute Gasteiger partial charge is 0.422 e. The van der Waals surface area contributed by atoms with Crippen LogP contribution in [0.3, 0.4) is 0 Å². The van der Waals surface area contributed by atoms with Crippen molar-refractivity contribution in [3.8, 4) is 11.6 Å². The van der Waals surface area contributed by atoms with Crippen LogP contribution in [0.1, 0.15) is 10.4 Å². The maximum absolute atomic E-state index is 12.6. The van der Waals surface area contributed by atoms with Gasteiger partial charge in [-0.15, -0.1) is 5.10 Å². The number of amides is 1. The van der Waals surface area contributed by atoms with Gasteiger partial charge in [-0.2, -0.15) is 5.10 Å². The number of nitrogens with one attached hydrogen (secondary N) is 1. The molecule has 0 bridgehead atoms. The van der Waals surface area contributed by atoms with Crippen LogP contribution in [0.2, 0.25) is 0 Å². The molecular weight excluding hydrogens is 374 g/mol. The number of benzene rings is 2. The van der Waals surface area contributed by atoms with Crippen molar-refractivity contribution in [1.29, 1.82) is 0 Å². The molecule has 0 saturated carbocycles. The summed E-state index contributed by atoms with van der Waals surface area (Å²) < 4.78 is 12.3. The fourth-order valence-electron chi connectivity index (χ4n) is 3.10. The lowest BCUT2D eigenvalue weighted by Crippen LogP contribution is -2.20. The molecule has 29 heavy (non-hydrogen) atoms. The number of aryl methyl sites for hydroxylation is 1. The van der Waals surface area contributed by atoms with E-state index in [1.165, 1.54) is 6.07 Å². The quantitative estimate of drug-likeness (QED) is 0.374. The first kappa shape index (κ1) is 16.9. The summed E-state index contributed by atoms with van der Waals surface area (Å²) in [5.74, 6) is -0.553. The van der Waals surface area contributed by atoms with Crippen LogP contribution in [0.5, 0.6) is 0 Å². The summed E-state index contributed by atoms with van der Waals surface area (Å²) in [6, 6.07) is 14.3. The molecular formula is C20H13N5O4. The van der Waals surface area contributed by atoms with Crippen molar-refractivity contribution in [2.45, 2.75) is 0 Å². The zero-order chi connectivity index (χ0) is 20.0. The molecule has 0 fully saturated rings. The number of fused-ring (bicyclic) bond motifs is 3. The van der Waals surface area contributed by atoms with E-state index in [1.807, 2.05) is 30.3 Å². The molecule has 0 aliphatic heterocycles. The van der Waals surface area contributed by atoms with Crippen molar-refractivity contribution in [2.75, 3.05) is 5.32 Å². The minimum atomic E-state index is -0.755. The standard InChI is InChI=1S/C20H13N5O4/c1-25-9-8-15(24-25)18-22-23-20(29-18)21-17(26)14-10-13-12-5-3-2-4-11(12)6-7-16(13)28-19(14)27/h2-10H,1H3,(H,21,23,26). The number of rotatable bonds is 3. The van der Waals surface area contributed by atoms with Gasteiger partial charge in [0.05, 0.1) is 0 Å². The second-order valence-corrected chi connectivity index (χ2v) is 6.39. The molecule has 0 unspecified atom stereocenters. The van der Waals surface area contributed by atoms with Crippen LogP contribution in [-0.2, 0) is 7.05 Å². The summed E-state index contributed by atoms with van der Waals surface area (Å²) in [6.07, 6.45) is 1.72. The highest BCUT2D eigenvalue weighted by atomic mass is 16.4. The van der Waals surface area contributed by atoms with Crippen molar-refractivity contribution in [3.05, 3.63) is 70.7 Å². The van der Waals surface area contributed by atoms with E-state index < -0.39 is 11.5 Å². The molecule has 0 aliphatic carbocycles. The molecule has 9 nitrogen and oxygen atoms in total. The maximum Gasteiger partial charge on any atom is 0.349 e. The third kappa shape index (κ3) is 2.94. The van der Waals surface area contributed by atoms with Gasteiger partial charge in [-0.25, -0.2) is 4.79 Å². The van der Waals surface area contributed by atoms with Gasteiger partial charge in [-0.1, -0.05) is 35.4 Å². The van der Waals surface area contributed by atoms with E-state index in [9.17, 15) is 9.59 Å². The number of aromatic nitrogens is 4. The molecule has 0 aliphatic rings.